The highest BCUT2D eigenvalue weighted by Gasteiger charge is 2.48. The van der Waals surface area contributed by atoms with Crippen LogP contribution in [0.4, 0.5) is 0 Å². The average Bonchev–Trinajstić information content (AvgIpc) is 2.90. The Labute approximate surface area is 261 Å². The van der Waals surface area contributed by atoms with Gasteiger partial charge in [0.05, 0.1) is 6.61 Å². The van der Waals surface area contributed by atoms with Gasteiger partial charge in [-0.1, -0.05) is 63.6 Å². The Morgan fingerprint density at radius 3 is 2.09 bits per heavy atom. The number of hydrogen-bond donors (Lipinski definition) is 0. The predicted molar refractivity (Wildman–Crippen MR) is 173 cm³/mol. The van der Waals surface area contributed by atoms with Gasteiger partial charge in [0, 0.05) is 58.4 Å². The molecular formula is C37H44ClNO4. The van der Waals surface area contributed by atoms with Gasteiger partial charge in [0.15, 0.2) is 23.1 Å². The second-order valence-electron chi connectivity index (χ2n) is 13.6. The molecule has 0 bridgehead atoms. The number of carbonyl (C=O) groups is 2. The third-order valence-corrected chi connectivity index (χ3v) is 9.00. The van der Waals surface area contributed by atoms with E-state index in [1.54, 1.807) is 0 Å². The van der Waals surface area contributed by atoms with Crippen molar-refractivity contribution in [2.75, 3.05) is 13.2 Å². The Kier molecular flexibility index (Phi) is 8.68. The number of allylic oxidation sites excluding steroid dienone is 5. The van der Waals surface area contributed by atoms with E-state index in [2.05, 4.69) is 52.2 Å². The highest BCUT2D eigenvalue weighted by atomic mass is 35.5. The molecule has 0 radical (unpaired) electrons. The zero-order chi connectivity index (χ0) is 31.1. The quantitative estimate of drug-likeness (QED) is 0.269. The van der Waals surface area contributed by atoms with Gasteiger partial charge >= 0.3 is 0 Å². The summed E-state index contributed by atoms with van der Waals surface area (Å²) in [5.74, 6) is 1.07. The Morgan fingerprint density at radius 2 is 1.56 bits per heavy atom. The van der Waals surface area contributed by atoms with Crippen LogP contribution in [0.1, 0.15) is 89.8 Å². The minimum atomic E-state index is -0.440. The van der Waals surface area contributed by atoms with Crippen LogP contribution in [0.3, 0.4) is 0 Å². The maximum Gasteiger partial charge on any atom is 0.165 e. The van der Waals surface area contributed by atoms with Gasteiger partial charge in [-0.05, 0) is 73.3 Å². The van der Waals surface area contributed by atoms with E-state index in [0.29, 0.717) is 49.0 Å². The first-order valence-electron chi connectivity index (χ1n) is 15.5. The monoisotopic (exact) mass is 601 g/mol. The summed E-state index contributed by atoms with van der Waals surface area (Å²) in [6, 6.07) is 11.7. The summed E-state index contributed by atoms with van der Waals surface area (Å²) in [6.07, 6.45) is 4.90. The van der Waals surface area contributed by atoms with E-state index in [4.69, 9.17) is 21.1 Å². The van der Waals surface area contributed by atoms with Crippen molar-refractivity contribution in [3.05, 3.63) is 93.3 Å². The molecule has 0 spiro atoms. The standard InChI is InChI=1S/C37H44ClNO4/c1-8-12-24-16-25(17-31(42-10-3)35(24)43-22-23-13-11-14-26(38)15-23)32-33-27(18-36(4,5)20-29(33)40)39(9-2)28-19-37(6,7)21-30(41)34(28)32/h8,11,13-17,32H,1,9-10,12,18-22H2,2-7H3. The number of ether oxygens (including phenoxy) is 2. The minimum Gasteiger partial charge on any atom is -0.490 e. The Balaban J connectivity index is 1.70. The topological polar surface area (TPSA) is 55.8 Å². The summed E-state index contributed by atoms with van der Waals surface area (Å²) in [6.45, 7) is 18.2. The molecule has 0 fully saturated rings. The fraction of sp³-hybridized carbons (Fsp3) is 0.459. The Bertz CT molecular complexity index is 1480. The van der Waals surface area contributed by atoms with Crippen molar-refractivity contribution in [2.24, 2.45) is 10.8 Å². The maximum absolute atomic E-state index is 14.1. The van der Waals surface area contributed by atoms with Gasteiger partial charge in [-0.3, -0.25) is 9.59 Å². The number of halogens is 1. The van der Waals surface area contributed by atoms with Crippen LogP contribution < -0.4 is 9.47 Å². The van der Waals surface area contributed by atoms with Gasteiger partial charge in [0.25, 0.3) is 0 Å². The van der Waals surface area contributed by atoms with Crippen LogP contribution >= 0.6 is 11.6 Å². The molecule has 3 aliphatic rings. The lowest BCUT2D eigenvalue weighted by Crippen LogP contribution is -2.44. The van der Waals surface area contributed by atoms with Crippen LogP contribution in [0.2, 0.25) is 5.02 Å². The zero-order valence-electron chi connectivity index (χ0n) is 26.4. The van der Waals surface area contributed by atoms with Crippen molar-refractivity contribution in [1.82, 2.24) is 4.90 Å². The first kappa shape index (κ1) is 31.1. The SMILES string of the molecule is C=CCc1cc(C2C3=C(CC(C)(C)CC3=O)N(CC)C3=C2C(=O)CC(C)(C)C3)cc(OCC)c1OCc1cccc(Cl)c1. The van der Waals surface area contributed by atoms with E-state index in [1.165, 1.54) is 0 Å². The number of Topliss-reactive ketones (excluding diaryl/α,β-unsaturated/α-hetero) is 2. The van der Waals surface area contributed by atoms with Gasteiger partial charge < -0.3 is 14.4 Å². The van der Waals surface area contributed by atoms with E-state index in [0.717, 1.165) is 58.6 Å². The third kappa shape index (κ3) is 6.20. The van der Waals surface area contributed by atoms with Crippen molar-refractivity contribution < 1.29 is 19.1 Å². The van der Waals surface area contributed by atoms with Crippen molar-refractivity contribution in [1.29, 1.82) is 0 Å². The molecule has 0 atom stereocenters. The summed E-state index contributed by atoms with van der Waals surface area (Å²) < 4.78 is 12.6. The highest BCUT2D eigenvalue weighted by molar-refractivity contribution is 6.30. The molecule has 228 valence electrons. The molecule has 6 heteroatoms. The molecule has 5 rings (SSSR count). The average molecular weight is 602 g/mol. The molecule has 0 aromatic heterocycles. The number of ketones is 2. The molecule has 2 aromatic rings. The number of benzene rings is 2. The summed E-state index contributed by atoms with van der Waals surface area (Å²) in [4.78, 5) is 30.4. The molecule has 5 nitrogen and oxygen atoms in total. The lowest BCUT2D eigenvalue weighted by molar-refractivity contribution is -0.119. The summed E-state index contributed by atoms with van der Waals surface area (Å²) in [5, 5.41) is 0.653. The molecule has 1 heterocycles. The lowest BCUT2D eigenvalue weighted by Gasteiger charge is -2.49. The van der Waals surface area contributed by atoms with Crippen LogP contribution in [0.5, 0.6) is 11.5 Å². The van der Waals surface area contributed by atoms with Gasteiger partial charge in [0.2, 0.25) is 0 Å². The normalized spacial score (nSPS) is 19.7. The third-order valence-electron chi connectivity index (χ3n) is 8.76. The summed E-state index contributed by atoms with van der Waals surface area (Å²) >= 11 is 6.23. The Hall–Kier alpha value is -3.31. The number of carbonyl (C=O) groups excluding carboxylic acids is 2. The van der Waals surface area contributed by atoms with E-state index >= 15 is 0 Å². The first-order chi connectivity index (χ1) is 20.4. The summed E-state index contributed by atoms with van der Waals surface area (Å²) in [5.41, 5.74) is 6.14. The molecule has 43 heavy (non-hydrogen) atoms. The molecule has 0 saturated heterocycles. The van der Waals surface area contributed by atoms with Crippen molar-refractivity contribution >= 4 is 23.2 Å². The van der Waals surface area contributed by atoms with E-state index in [9.17, 15) is 9.59 Å². The summed E-state index contributed by atoms with van der Waals surface area (Å²) in [7, 11) is 0. The van der Waals surface area contributed by atoms with Crippen LogP contribution in [0.25, 0.3) is 0 Å². The van der Waals surface area contributed by atoms with Crippen LogP contribution in [-0.2, 0) is 22.6 Å². The van der Waals surface area contributed by atoms with Crippen LogP contribution in [0.15, 0.2) is 71.6 Å². The largest absolute Gasteiger partial charge is 0.490 e. The molecule has 1 aliphatic heterocycles. The fourth-order valence-corrected chi connectivity index (χ4v) is 7.34. The maximum atomic E-state index is 14.1. The molecular weight excluding hydrogens is 558 g/mol. The molecule has 2 aromatic carbocycles. The van der Waals surface area contributed by atoms with Crippen molar-refractivity contribution in [3.8, 4) is 11.5 Å². The van der Waals surface area contributed by atoms with Gasteiger partial charge in [-0.2, -0.15) is 0 Å². The molecule has 0 unspecified atom stereocenters. The molecule has 0 amide bonds. The van der Waals surface area contributed by atoms with Crippen LogP contribution in [-0.4, -0.2) is 29.6 Å². The second-order valence-corrected chi connectivity index (χ2v) is 14.1. The van der Waals surface area contributed by atoms with Gasteiger partial charge in [-0.15, -0.1) is 6.58 Å². The smallest absolute Gasteiger partial charge is 0.165 e. The molecule has 0 saturated carbocycles. The van der Waals surface area contributed by atoms with E-state index in [1.807, 2.05) is 43.3 Å². The molecule has 0 N–H and O–H groups in total. The highest BCUT2D eigenvalue weighted by Crippen LogP contribution is 2.55. The van der Waals surface area contributed by atoms with E-state index < -0.39 is 5.92 Å². The zero-order valence-corrected chi connectivity index (χ0v) is 27.2. The fourth-order valence-electron chi connectivity index (χ4n) is 7.13. The molecule has 2 aliphatic carbocycles. The lowest BCUT2D eigenvalue weighted by atomic mass is 9.63. The first-order valence-corrected chi connectivity index (χ1v) is 15.8. The van der Waals surface area contributed by atoms with Gasteiger partial charge in [-0.25, -0.2) is 0 Å². The number of rotatable bonds is 9. The van der Waals surface area contributed by atoms with Crippen LogP contribution in [0, 0.1) is 10.8 Å². The number of nitrogens with zero attached hydrogens (tertiary/aromatic N) is 1. The minimum absolute atomic E-state index is 0.128. The van der Waals surface area contributed by atoms with Crippen molar-refractivity contribution in [3.63, 3.8) is 0 Å². The predicted octanol–water partition coefficient (Wildman–Crippen LogP) is 8.75. The number of hydrogen-bond acceptors (Lipinski definition) is 5. The Morgan fingerprint density at radius 1 is 0.930 bits per heavy atom. The van der Waals surface area contributed by atoms with Crippen molar-refractivity contribution in [2.45, 2.75) is 86.2 Å². The van der Waals surface area contributed by atoms with E-state index in [-0.39, 0.29) is 22.4 Å². The second kappa shape index (κ2) is 12.0. The van der Waals surface area contributed by atoms with Gasteiger partial charge in [0.1, 0.15) is 6.61 Å².